The number of nitrogens with zero attached hydrogens (tertiary/aromatic N) is 5. The number of esters is 1. The van der Waals surface area contributed by atoms with Gasteiger partial charge in [-0.3, -0.25) is 0 Å². The molecule has 0 fully saturated rings. The van der Waals surface area contributed by atoms with Crippen LogP contribution < -0.4 is 0 Å². The van der Waals surface area contributed by atoms with E-state index in [1.165, 1.54) is 13.4 Å². The van der Waals surface area contributed by atoms with Crippen LogP contribution in [0.4, 0.5) is 0 Å². The lowest BCUT2D eigenvalue weighted by Gasteiger charge is -2.05. The van der Waals surface area contributed by atoms with Crippen molar-refractivity contribution in [2.24, 2.45) is 0 Å². The molecule has 0 saturated heterocycles. The zero-order valence-electron chi connectivity index (χ0n) is 10.4. The van der Waals surface area contributed by atoms with Crippen LogP contribution in [0, 0.1) is 0 Å². The van der Waals surface area contributed by atoms with Gasteiger partial charge >= 0.3 is 5.97 Å². The Bertz CT molecular complexity index is 531. The van der Waals surface area contributed by atoms with Gasteiger partial charge in [-0.1, -0.05) is 6.92 Å². The molecule has 0 aliphatic rings. The highest BCUT2D eigenvalue weighted by molar-refractivity contribution is 5.84. The quantitative estimate of drug-likeness (QED) is 0.730. The van der Waals surface area contributed by atoms with Crippen molar-refractivity contribution in [2.75, 3.05) is 7.11 Å². The lowest BCUT2D eigenvalue weighted by atomic mass is 10.4. The van der Waals surface area contributed by atoms with E-state index in [2.05, 4.69) is 31.3 Å². The van der Waals surface area contributed by atoms with Gasteiger partial charge in [-0.2, -0.15) is 0 Å². The first-order chi connectivity index (χ1) is 8.74. The van der Waals surface area contributed by atoms with E-state index in [1.807, 2.05) is 0 Å². The van der Waals surface area contributed by atoms with Crippen LogP contribution >= 0.6 is 0 Å². The summed E-state index contributed by atoms with van der Waals surface area (Å²) in [6, 6.07) is 0. The van der Waals surface area contributed by atoms with E-state index >= 15 is 0 Å². The first-order valence-corrected chi connectivity index (χ1v) is 5.71. The predicted octanol–water partition coefficient (Wildman–Crippen LogP) is 0.719. The molecule has 0 amide bonds. The van der Waals surface area contributed by atoms with Crippen LogP contribution in [0.3, 0.4) is 0 Å². The van der Waals surface area contributed by atoms with Crippen LogP contribution in [0.5, 0.6) is 0 Å². The smallest absolute Gasteiger partial charge is 0.377 e. The summed E-state index contributed by atoms with van der Waals surface area (Å²) in [6.45, 7) is 3.55. The number of rotatable bonds is 5. The Morgan fingerprint density at radius 2 is 2.28 bits per heavy atom. The van der Waals surface area contributed by atoms with Crippen molar-refractivity contribution >= 4 is 5.97 Å². The molecule has 0 saturated carbocycles. The van der Waals surface area contributed by atoms with E-state index in [0.29, 0.717) is 6.54 Å². The van der Waals surface area contributed by atoms with Crippen molar-refractivity contribution in [1.82, 2.24) is 24.3 Å². The normalized spacial score (nSPS) is 10.6. The van der Waals surface area contributed by atoms with Gasteiger partial charge in [0.05, 0.1) is 31.9 Å². The average Bonchev–Trinajstić information content (AvgIpc) is 3.00. The molecular formula is C11H15N5O2. The highest BCUT2D eigenvalue weighted by atomic mass is 16.5. The lowest BCUT2D eigenvalue weighted by Crippen LogP contribution is -2.09. The molecule has 7 nitrogen and oxygen atoms in total. The molecule has 2 aromatic rings. The number of hydrogen-bond donors (Lipinski definition) is 0. The Hall–Kier alpha value is -2.18. The fraction of sp³-hybridized carbons (Fsp3) is 0.455. The third-order valence-electron chi connectivity index (χ3n) is 2.49. The maximum absolute atomic E-state index is 11.2. The minimum Gasteiger partial charge on any atom is -0.463 e. The fourth-order valence-corrected chi connectivity index (χ4v) is 1.64. The molecule has 2 heterocycles. The molecular weight excluding hydrogens is 234 g/mol. The first kappa shape index (κ1) is 12.3. The van der Waals surface area contributed by atoms with Crippen LogP contribution in [0.25, 0.3) is 0 Å². The van der Waals surface area contributed by atoms with Crippen LogP contribution in [-0.2, 0) is 17.8 Å². The summed E-state index contributed by atoms with van der Waals surface area (Å²) in [4.78, 5) is 19.2. The number of carbonyl (C=O) groups excluding carboxylic acids is 1. The maximum atomic E-state index is 11.2. The first-order valence-electron chi connectivity index (χ1n) is 5.71. The summed E-state index contributed by atoms with van der Waals surface area (Å²) >= 11 is 0. The molecule has 0 N–H and O–H groups in total. The van der Waals surface area contributed by atoms with Gasteiger partial charge < -0.3 is 9.30 Å². The molecule has 0 radical (unpaired) electrons. The van der Waals surface area contributed by atoms with E-state index in [0.717, 1.165) is 18.7 Å². The van der Waals surface area contributed by atoms with E-state index in [9.17, 15) is 4.79 Å². The second-order valence-corrected chi connectivity index (χ2v) is 3.84. The van der Waals surface area contributed by atoms with Gasteiger partial charge in [0.25, 0.3) is 5.82 Å². The number of aryl methyl sites for hydroxylation is 1. The van der Waals surface area contributed by atoms with Gasteiger partial charge in [-0.25, -0.2) is 19.4 Å². The highest BCUT2D eigenvalue weighted by Gasteiger charge is 2.12. The Balaban J connectivity index is 2.11. The molecule has 0 bridgehead atoms. The van der Waals surface area contributed by atoms with E-state index in [4.69, 9.17) is 0 Å². The molecule has 0 aliphatic heterocycles. The monoisotopic (exact) mass is 249 g/mol. The largest absolute Gasteiger partial charge is 0.463 e. The molecule has 18 heavy (non-hydrogen) atoms. The topological polar surface area (TPSA) is 74.8 Å². The average molecular weight is 249 g/mol. The molecule has 0 atom stereocenters. The summed E-state index contributed by atoms with van der Waals surface area (Å²) in [5, 5.41) is 4.05. The van der Waals surface area contributed by atoms with Gasteiger partial charge in [0.1, 0.15) is 6.33 Å². The summed E-state index contributed by atoms with van der Waals surface area (Å²) in [7, 11) is 1.30. The molecule has 2 rings (SSSR count). The Morgan fingerprint density at radius 3 is 3.00 bits per heavy atom. The molecule has 0 aromatic carbocycles. The lowest BCUT2D eigenvalue weighted by molar-refractivity contribution is 0.0586. The van der Waals surface area contributed by atoms with Gasteiger partial charge in [0, 0.05) is 6.54 Å². The summed E-state index contributed by atoms with van der Waals surface area (Å²) in [5.41, 5.74) is 1.03. The molecule has 0 unspecified atom stereocenters. The van der Waals surface area contributed by atoms with Crippen molar-refractivity contribution in [3.8, 4) is 0 Å². The third-order valence-corrected chi connectivity index (χ3v) is 2.49. The van der Waals surface area contributed by atoms with E-state index in [1.54, 1.807) is 17.2 Å². The third kappa shape index (κ3) is 2.55. The van der Waals surface area contributed by atoms with E-state index < -0.39 is 5.97 Å². The number of ether oxygens (including phenoxy) is 1. The summed E-state index contributed by atoms with van der Waals surface area (Å²) in [5.74, 6) is -0.463. The van der Waals surface area contributed by atoms with Crippen molar-refractivity contribution in [3.63, 3.8) is 0 Å². The molecule has 2 aromatic heterocycles. The summed E-state index contributed by atoms with van der Waals surface area (Å²) in [6.07, 6.45) is 6.12. The van der Waals surface area contributed by atoms with Crippen LogP contribution in [0.2, 0.25) is 0 Å². The van der Waals surface area contributed by atoms with Crippen molar-refractivity contribution in [2.45, 2.75) is 26.4 Å². The Labute approximate surface area is 104 Å². The molecule has 0 aliphatic carbocycles. The number of imidazole rings is 1. The van der Waals surface area contributed by atoms with Gasteiger partial charge in [0.15, 0.2) is 0 Å². The minimum absolute atomic E-state index is 0.0686. The molecule has 7 heteroatoms. The van der Waals surface area contributed by atoms with Gasteiger partial charge in [-0.05, 0) is 6.42 Å². The zero-order chi connectivity index (χ0) is 13.0. The number of carbonyl (C=O) groups is 1. The minimum atomic E-state index is -0.532. The Morgan fingerprint density at radius 1 is 1.44 bits per heavy atom. The highest BCUT2D eigenvalue weighted by Crippen LogP contribution is 2.03. The SMILES string of the molecule is CCCn1cncc1Cn1cnc(C(=O)OC)n1. The van der Waals surface area contributed by atoms with Crippen molar-refractivity contribution in [3.05, 3.63) is 30.4 Å². The van der Waals surface area contributed by atoms with Crippen molar-refractivity contribution in [1.29, 1.82) is 0 Å². The van der Waals surface area contributed by atoms with Crippen LogP contribution in [-0.4, -0.2) is 37.4 Å². The van der Waals surface area contributed by atoms with Crippen LogP contribution in [0.1, 0.15) is 29.7 Å². The second kappa shape index (κ2) is 5.44. The zero-order valence-corrected chi connectivity index (χ0v) is 10.4. The second-order valence-electron chi connectivity index (χ2n) is 3.84. The fourth-order valence-electron chi connectivity index (χ4n) is 1.64. The standard InChI is InChI=1S/C11H15N5O2/c1-3-4-15-7-12-5-9(15)6-16-8-13-10(14-16)11(17)18-2/h5,7-8H,3-4,6H2,1-2H3. The molecule has 0 spiro atoms. The number of methoxy groups -OCH3 is 1. The van der Waals surface area contributed by atoms with Crippen LogP contribution in [0.15, 0.2) is 18.9 Å². The predicted molar refractivity (Wildman–Crippen MR) is 63.0 cm³/mol. The Kier molecular flexibility index (Phi) is 3.71. The summed E-state index contributed by atoms with van der Waals surface area (Å²) < 4.78 is 8.20. The maximum Gasteiger partial charge on any atom is 0.377 e. The molecule has 96 valence electrons. The number of hydrogen-bond acceptors (Lipinski definition) is 5. The number of aromatic nitrogens is 5. The van der Waals surface area contributed by atoms with Gasteiger partial charge in [-0.15, -0.1) is 5.10 Å². The van der Waals surface area contributed by atoms with Crippen molar-refractivity contribution < 1.29 is 9.53 Å². The van der Waals surface area contributed by atoms with Gasteiger partial charge in [0.2, 0.25) is 0 Å². The van der Waals surface area contributed by atoms with E-state index in [-0.39, 0.29) is 5.82 Å².